The van der Waals surface area contributed by atoms with Crippen LogP contribution in [0.4, 0.5) is 0 Å². The van der Waals surface area contributed by atoms with Gasteiger partial charge in [0.25, 0.3) is 5.91 Å². The lowest BCUT2D eigenvalue weighted by Gasteiger charge is -2.32. The molecule has 1 fully saturated rings. The van der Waals surface area contributed by atoms with Crippen molar-refractivity contribution in [3.05, 3.63) is 47.5 Å². The number of phenolic OH excluding ortho intramolecular Hbond substituents is 1. The van der Waals surface area contributed by atoms with E-state index in [-0.39, 0.29) is 23.2 Å². The second kappa shape index (κ2) is 8.57. The molecule has 2 aromatic rings. The van der Waals surface area contributed by atoms with Crippen molar-refractivity contribution in [2.45, 2.75) is 29.9 Å². The summed E-state index contributed by atoms with van der Waals surface area (Å²) >= 11 is 1.89. The lowest BCUT2D eigenvalue weighted by molar-refractivity contribution is 0.0726. The van der Waals surface area contributed by atoms with E-state index in [0.717, 1.165) is 12.8 Å². The number of thioether (sulfide) groups is 1. The van der Waals surface area contributed by atoms with Gasteiger partial charge in [0.2, 0.25) is 5.75 Å². The van der Waals surface area contributed by atoms with Crippen molar-refractivity contribution in [1.29, 1.82) is 0 Å². The monoisotopic (exact) mass is 387 g/mol. The molecular weight excluding hydrogens is 362 g/mol. The summed E-state index contributed by atoms with van der Waals surface area (Å²) in [6.07, 6.45) is 1.91. The zero-order valence-electron chi connectivity index (χ0n) is 15.9. The summed E-state index contributed by atoms with van der Waals surface area (Å²) in [7, 11) is 2.91. The minimum Gasteiger partial charge on any atom is -0.502 e. The smallest absolute Gasteiger partial charge is 0.254 e. The van der Waals surface area contributed by atoms with Gasteiger partial charge in [0.15, 0.2) is 11.5 Å². The quantitative estimate of drug-likeness (QED) is 0.836. The minimum absolute atomic E-state index is 0.0643. The highest BCUT2D eigenvalue weighted by atomic mass is 32.2. The summed E-state index contributed by atoms with van der Waals surface area (Å²) in [6.45, 7) is 3.53. The molecule has 0 saturated carbocycles. The van der Waals surface area contributed by atoms with Crippen molar-refractivity contribution in [1.82, 2.24) is 4.90 Å². The SMILES string of the molecule is COc1cc(C(=O)N2CCC(Sc3cccc(C)c3)CC2)cc(OC)c1O. The van der Waals surface area contributed by atoms with Gasteiger partial charge in [-0.15, -0.1) is 11.8 Å². The van der Waals surface area contributed by atoms with Crippen molar-refractivity contribution in [3.63, 3.8) is 0 Å². The third kappa shape index (κ3) is 4.50. The number of likely N-dealkylation sites (tertiary alicyclic amines) is 1. The number of ether oxygens (including phenoxy) is 2. The van der Waals surface area contributed by atoms with Gasteiger partial charge in [-0.1, -0.05) is 17.7 Å². The maximum absolute atomic E-state index is 12.9. The number of hydrogen-bond acceptors (Lipinski definition) is 5. The lowest BCUT2D eigenvalue weighted by Crippen LogP contribution is -2.39. The lowest BCUT2D eigenvalue weighted by atomic mass is 10.1. The Bertz CT molecular complexity index is 791. The van der Waals surface area contributed by atoms with E-state index in [1.54, 1.807) is 12.1 Å². The van der Waals surface area contributed by atoms with Crippen LogP contribution in [0.15, 0.2) is 41.3 Å². The molecule has 0 bridgehead atoms. The van der Waals surface area contributed by atoms with Crippen molar-refractivity contribution < 1.29 is 19.4 Å². The number of rotatable bonds is 5. The predicted molar refractivity (Wildman–Crippen MR) is 107 cm³/mol. The molecule has 0 atom stereocenters. The average molecular weight is 388 g/mol. The average Bonchev–Trinajstić information content (AvgIpc) is 2.68. The fraction of sp³-hybridized carbons (Fsp3) is 0.381. The molecule has 2 aromatic carbocycles. The number of piperidine rings is 1. The molecule has 1 aliphatic heterocycles. The molecule has 144 valence electrons. The van der Waals surface area contributed by atoms with E-state index in [9.17, 15) is 9.90 Å². The molecule has 6 heteroatoms. The number of methoxy groups -OCH3 is 2. The van der Waals surface area contributed by atoms with Gasteiger partial charge >= 0.3 is 0 Å². The molecule has 0 unspecified atom stereocenters. The van der Waals surface area contributed by atoms with Crippen LogP contribution in [-0.2, 0) is 0 Å². The number of amides is 1. The standard InChI is InChI=1S/C21H25NO4S/c1-14-5-4-6-17(11-14)27-16-7-9-22(10-8-16)21(24)15-12-18(25-2)20(23)19(13-15)26-3/h4-6,11-13,16,23H,7-10H2,1-3H3. The summed E-state index contributed by atoms with van der Waals surface area (Å²) in [5.41, 5.74) is 1.73. The molecule has 0 spiro atoms. The number of benzene rings is 2. The highest BCUT2D eigenvalue weighted by Crippen LogP contribution is 2.38. The topological polar surface area (TPSA) is 59.0 Å². The highest BCUT2D eigenvalue weighted by Gasteiger charge is 2.26. The third-order valence-electron chi connectivity index (χ3n) is 4.75. The number of carbonyl (C=O) groups is 1. The zero-order valence-corrected chi connectivity index (χ0v) is 16.7. The van der Waals surface area contributed by atoms with E-state index in [0.29, 0.717) is 23.9 Å². The Morgan fingerprint density at radius 1 is 1.11 bits per heavy atom. The van der Waals surface area contributed by atoms with Crippen molar-refractivity contribution in [2.24, 2.45) is 0 Å². The Labute approximate surface area is 164 Å². The molecule has 3 rings (SSSR count). The van der Waals surface area contributed by atoms with Gasteiger partial charge in [0, 0.05) is 28.8 Å². The fourth-order valence-corrected chi connectivity index (χ4v) is 4.50. The minimum atomic E-state index is -0.0928. The zero-order chi connectivity index (χ0) is 19.4. The van der Waals surface area contributed by atoms with Gasteiger partial charge in [-0.2, -0.15) is 0 Å². The third-order valence-corrected chi connectivity index (χ3v) is 6.08. The Morgan fingerprint density at radius 2 is 1.74 bits per heavy atom. The first kappa shape index (κ1) is 19.4. The number of carbonyl (C=O) groups excluding carboxylic acids is 1. The largest absolute Gasteiger partial charge is 0.502 e. The summed E-state index contributed by atoms with van der Waals surface area (Å²) in [5, 5.41) is 10.5. The molecule has 0 radical (unpaired) electrons. The van der Waals surface area contributed by atoms with Gasteiger partial charge in [-0.25, -0.2) is 0 Å². The summed E-state index contributed by atoms with van der Waals surface area (Å²) in [6, 6.07) is 11.7. The molecule has 27 heavy (non-hydrogen) atoms. The van der Waals surface area contributed by atoms with Crippen LogP contribution < -0.4 is 9.47 Å². The van der Waals surface area contributed by atoms with Crippen LogP contribution in [0.5, 0.6) is 17.2 Å². The molecular formula is C21H25NO4S. The molecule has 5 nitrogen and oxygen atoms in total. The Hall–Kier alpha value is -2.34. The van der Waals surface area contributed by atoms with E-state index in [4.69, 9.17) is 9.47 Å². The van der Waals surface area contributed by atoms with Gasteiger partial charge in [-0.3, -0.25) is 4.79 Å². The van der Waals surface area contributed by atoms with Gasteiger partial charge in [0.05, 0.1) is 14.2 Å². The van der Waals surface area contributed by atoms with E-state index in [1.807, 2.05) is 16.7 Å². The van der Waals surface area contributed by atoms with Crippen molar-refractivity contribution >= 4 is 17.7 Å². The van der Waals surface area contributed by atoms with Gasteiger partial charge in [0.1, 0.15) is 0 Å². The molecule has 0 aliphatic carbocycles. The van der Waals surface area contributed by atoms with Crippen LogP contribution in [0, 0.1) is 6.92 Å². The molecule has 1 aliphatic rings. The Kier molecular flexibility index (Phi) is 6.16. The first-order valence-electron chi connectivity index (χ1n) is 8.99. The first-order valence-corrected chi connectivity index (χ1v) is 9.87. The Balaban J connectivity index is 1.65. The van der Waals surface area contributed by atoms with Gasteiger partial charge in [-0.05, 0) is 44.0 Å². The molecule has 1 heterocycles. The maximum atomic E-state index is 12.9. The normalized spacial score (nSPS) is 14.9. The summed E-state index contributed by atoms with van der Waals surface area (Å²) in [4.78, 5) is 16.0. The van der Waals surface area contributed by atoms with Crippen LogP contribution >= 0.6 is 11.8 Å². The van der Waals surface area contributed by atoms with Crippen LogP contribution in [0.3, 0.4) is 0 Å². The van der Waals surface area contributed by atoms with Crippen LogP contribution in [0.1, 0.15) is 28.8 Å². The second-order valence-electron chi connectivity index (χ2n) is 6.66. The first-order chi connectivity index (χ1) is 13.0. The molecule has 0 aromatic heterocycles. The van der Waals surface area contributed by atoms with Crippen molar-refractivity contribution in [2.75, 3.05) is 27.3 Å². The molecule has 1 amide bonds. The summed E-state index contributed by atoms with van der Waals surface area (Å²) < 4.78 is 10.3. The summed E-state index contributed by atoms with van der Waals surface area (Å²) in [5.74, 6) is 0.320. The van der Waals surface area contributed by atoms with Crippen LogP contribution in [-0.4, -0.2) is 48.5 Å². The molecule has 1 N–H and O–H groups in total. The Morgan fingerprint density at radius 3 is 2.30 bits per heavy atom. The molecule has 1 saturated heterocycles. The number of aromatic hydroxyl groups is 1. The predicted octanol–water partition coefficient (Wildman–Crippen LogP) is 4.11. The van der Waals surface area contributed by atoms with Gasteiger partial charge < -0.3 is 19.5 Å². The van der Waals surface area contributed by atoms with E-state index in [2.05, 4.69) is 31.2 Å². The van der Waals surface area contributed by atoms with E-state index < -0.39 is 0 Å². The number of aryl methyl sites for hydroxylation is 1. The van der Waals surface area contributed by atoms with E-state index in [1.165, 1.54) is 24.7 Å². The number of phenols is 1. The van der Waals surface area contributed by atoms with Crippen molar-refractivity contribution in [3.8, 4) is 17.2 Å². The highest BCUT2D eigenvalue weighted by molar-refractivity contribution is 8.00. The van der Waals surface area contributed by atoms with Crippen LogP contribution in [0.2, 0.25) is 0 Å². The second-order valence-corrected chi connectivity index (χ2v) is 8.03. The van der Waals surface area contributed by atoms with Crippen LogP contribution in [0.25, 0.3) is 0 Å². The number of nitrogens with zero attached hydrogens (tertiary/aromatic N) is 1. The van der Waals surface area contributed by atoms with E-state index >= 15 is 0 Å². The fourth-order valence-electron chi connectivity index (χ4n) is 3.26. The maximum Gasteiger partial charge on any atom is 0.254 e. The number of hydrogen-bond donors (Lipinski definition) is 1.